The molecule has 2 aromatic heterocycles. The highest BCUT2D eigenvalue weighted by atomic mass is 19.1. The van der Waals surface area contributed by atoms with Gasteiger partial charge < -0.3 is 11.1 Å². The topological polar surface area (TPSA) is 68.8 Å². The minimum Gasteiger partial charge on any atom is -0.398 e. The Hall–Kier alpha value is -2.63. The molecule has 0 aliphatic carbocycles. The van der Waals surface area contributed by atoms with Gasteiger partial charge in [-0.2, -0.15) is 5.10 Å². The fourth-order valence-electron chi connectivity index (χ4n) is 2.66. The van der Waals surface area contributed by atoms with E-state index in [1.54, 1.807) is 12.3 Å². The highest BCUT2D eigenvalue weighted by Gasteiger charge is 2.11. The molecule has 22 heavy (non-hydrogen) atoms. The maximum absolute atomic E-state index is 13.6. The number of nitrogens with zero attached hydrogens (tertiary/aromatic N) is 3. The summed E-state index contributed by atoms with van der Waals surface area (Å²) in [5.41, 5.74) is 9.47. The maximum atomic E-state index is 13.6. The smallest absolute Gasteiger partial charge is 0.134 e. The lowest BCUT2D eigenvalue weighted by Gasteiger charge is -2.10. The van der Waals surface area contributed by atoms with Gasteiger partial charge in [-0.3, -0.25) is 4.68 Å². The van der Waals surface area contributed by atoms with E-state index in [4.69, 9.17) is 5.73 Å². The number of halogens is 1. The Morgan fingerprint density at radius 2 is 2.05 bits per heavy atom. The fourth-order valence-corrected chi connectivity index (χ4v) is 2.66. The Kier molecular flexibility index (Phi) is 3.44. The first-order chi connectivity index (χ1) is 10.5. The number of fused-ring (bicyclic) bond motifs is 1. The van der Waals surface area contributed by atoms with E-state index in [0.717, 1.165) is 22.3 Å². The van der Waals surface area contributed by atoms with Crippen molar-refractivity contribution in [2.75, 3.05) is 11.1 Å². The van der Waals surface area contributed by atoms with Crippen molar-refractivity contribution >= 4 is 22.3 Å². The average molecular weight is 299 g/mol. The normalized spacial score (nSPS) is 11.1. The van der Waals surface area contributed by atoms with Crippen LogP contribution in [0.25, 0.3) is 10.8 Å². The largest absolute Gasteiger partial charge is 0.398 e. The molecule has 0 fully saturated rings. The van der Waals surface area contributed by atoms with Crippen LogP contribution in [0.1, 0.15) is 17.0 Å². The predicted molar refractivity (Wildman–Crippen MR) is 86.1 cm³/mol. The molecular weight excluding hydrogens is 281 g/mol. The average Bonchev–Trinajstić information content (AvgIpc) is 2.70. The molecule has 0 aliphatic heterocycles. The second-order valence-electron chi connectivity index (χ2n) is 5.38. The summed E-state index contributed by atoms with van der Waals surface area (Å²) in [6.07, 6.45) is 1.67. The summed E-state index contributed by atoms with van der Waals surface area (Å²) in [6, 6.07) is 4.56. The van der Waals surface area contributed by atoms with Crippen molar-refractivity contribution in [1.29, 1.82) is 0 Å². The minimum atomic E-state index is -0.366. The second kappa shape index (κ2) is 5.29. The number of hydrogen-bond acceptors (Lipinski definition) is 4. The predicted octanol–water partition coefficient (Wildman–Crippen LogP) is 2.92. The van der Waals surface area contributed by atoms with Crippen molar-refractivity contribution in [1.82, 2.24) is 14.8 Å². The van der Waals surface area contributed by atoms with Crippen molar-refractivity contribution < 1.29 is 4.39 Å². The van der Waals surface area contributed by atoms with E-state index in [1.165, 1.54) is 12.1 Å². The second-order valence-corrected chi connectivity index (χ2v) is 5.38. The van der Waals surface area contributed by atoms with Crippen LogP contribution in [0, 0.1) is 19.7 Å². The molecule has 6 heteroatoms. The Labute approximate surface area is 128 Å². The van der Waals surface area contributed by atoms with Crippen molar-refractivity contribution in [2.45, 2.75) is 20.4 Å². The van der Waals surface area contributed by atoms with E-state index >= 15 is 0 Å². The van der Waals surface area contributed by atoms with Crippen LogP contribution in [0.15, 0.2) is 24.4 Å². The van der Waals surface area contributed by atoms with E-state index in [0.29, 0.717) is 23.4 Å². The van der Waals surface area contributed by atoms with Crippen LogP contribution in [0.3, 0.4) is 0 Å². The van der Waals surface area contributed by atoms with Crippen LogP contribution in [0.5, 0.6) is 0 Å². The highest BCUT2D eigenvalue weighted by Crippen LogP contribution is 2.27. The van der Waals surface area contributed by atoms with Gasteiger partial charge in [-0.05, 0) is 32.0 Å². The van der Waals surface area contributed by atoms with Crippen molar-refractivity contribution in [2.24, 2.45) is 7.05 Å². The number of nitrogens with two attached hydrogens (primary N) is 1. The zero-order valence-electron chi connectivity index (χ0n) is 12.8. The Morgan fingerprint density at radius 3 is 2.73 bits per heavy atom. The van der Waals surface area contributed by atoms with Crippen LogP contribution in [0.4, 0.5) is 15.9 Å². The van der Waals surface area contributed by atoms with Gasteiger partial charge >= 0.3 is 0 Å². The van der Waals surface area contributed by atoms with Gasteiger partial charge in [0.15, 0.2) is 0 Å². The van der Waals surface area contributed by atoms with Gasteiger partial charge in [0.25, 0.3) is 0 Å². The molecule has 5 nitrogen and oxygen atoms in total. The first-order valence-electron chi connectivity index (χ1n) is 7.04. The van der Waals surface area contributed by atoms with Crippen LogP contribution in [-0.4, -0.2) is 14.8 Å². The minimum absolute atomic E-state index is 0.366. The number of pyridine rings is 1. The number of aromatic nitrogens is 3. The molecule has 3 rings (SSSR count). The van der Waals surface area contributed by atoms with Crippen LogP contribution >= 0.6 is 0 Å². The van der Waals surface area contributed by atoms with Gasteiger partial charge in [-0.15, -0.1) is 0 Å². The highest BCUT2D eigenvalue weighted by molar-refractivity contribution is 5.99. The first-order valence-corrected chi connectivity index (χ1v) is 7.04. The van der Waals surface area contributed by atoms with Gasteiger partial charge in [0, 0.05) is 47.5 Å². The van der Waals surface area contributed by atoms with Gasteiger partial charge in [-0.25, -0.2) is 9.37 Å². The van der Waals surface area contributed by atoms with Crippen LogP contribution in [0.2, 0.25) is 0 Å². The summed E-state index contributed by atoms with van der Waals surface area (Å²) >= 11 is 0. The molecule has 0 unspecified atom stereocenters. The van der Waals surface area contributed by atoms with Gasteiger partial charge in [0.05, 0.1) is 5.69 Å². The number of anilines is 2. The van der Waals surface area contributed by atoms with Gasteiger partial charge in [0.2, 0.25) is 0 Å². The third kappa shape index (κ3) is 2.36. The van der Waals surface area contributed by atoms with E-state index < -0.39 is 0 Å². The molecule has 0 radical (unpaired) electrons. The number of rotatable bonds is 3. The maximum Gasteiger partial charge on any atom is 0.134 e. The quantitative estimate of drug-likeness (QED) is 0.730. The number of aryl methyl sites for hydroxylation is 2. The van der Waals surface area contributed by atoms with Gasteiger partial charge in [0.1, 0.15) is 11.6 Å². The molecule has 0 bridgehead atoms. The SMILES string of the molecule is Cc1nn(C)c(C)c1CNc1nccc2c(N)cc(F)cc12. The first kappa shape index (κ1) is 14.3. The number of nitrogen functional groups attached to an aromatic ring is 1. The molecule has 0 saturated heterocycles. The molecule has 114 valence electrons. The Balaban J connectivity index is 1.98. The Morgan fingerprint density at radius 1 is 1.27 bits per heavy atom. The monoisotopic (exact) mass is 299 g/mol. The fraction of sp³-hybridized carbons (Fsp3) is 0.250. The van der Waals surface area contributed by atoms with E-state index in [9.17, 15) is 4.39 Å². The molecule has 3 N–H and O–H groups in total. The molecular formula is C16H18FN5. The lowest BCUT2D eigenvalue weighted by molar-refractivity contribution is 0.630. The molecule has 0 aliphatic rings. The molecule has 3 aromatic rings. The van der Waals surface area contributed by atoms with Gasteiger partial charge in [-0.1, -0.05) is 0 Å². The summed E-state index contributed by atoms with van der Waals surface area (Å²) < 4.78 is 15.5. The zero-order valence-corrected chi connectivity index (χ0v) is 12.8. The number of nitrogens with one attached hydrogen (secondary N) is 1. The summed E-state index contributed by atoms with van der Waals surface area (Å²) in [4.78, 5) is 4.31. The molecule has 1 aromatic carbocycles. The molecule has 2 heterocycles. The van der Waals surface area contributed by atoms with Crippen molar-refractivity contribution in [3.05, 3.63) is 47.2 Å². The van der Waals surface area contributed by atoms with Crippen LogP contribution < -0.4 is 11.1 Å². The summed E-state index contributed by atoms with van der Waals surface area (Å²) in [7, 11) is 1.91. The summed E-state index contributed by atoms with van der Waals surface area (Å²) in [5.74, 6) is 0.251. The summed E-state index contributed by atoms with van der Waals surface area (Å²) in [6.45, 7) is 4.57. The lowest BCUT2D eigenvalue weighted by atomic mass is 10.1. The lowest BCUT2D eigenvalue weighted by Crippen LogP contribution is -2.05. The van der Waals surface area contributed by atoms with E-state index in [1.807, 2.05) is 25.6 Å². The molecule has 0 amide bonds. The number of benzene rings is 1. The molecule has 0 atom stereocenters. The standard InChI is InChI=1S/C16H18FN5/c1-9-14(10(2)22(3)21-9)8-20-16-13-6-11(17)7-15(18)12(13)4-5-19-16/h4-7H,8,18H2,1-3H3,(H,19,20). The third-order valence-corrected chi connectivity index (χ3v) is 3.97. The van der Waals surface area contributed by atoms with E-state index in [-0.39, 0.29) is 5.82 Å². The van der Waals surface area contributed by atoms with E-state index in [2.05, 4.69) is 15.4 Å². The van der Waals surface area contributed by atoms with Crippen molar-refractivity contribution in [3.63, 3.8) is 0 Å². The molecule has 0 spiro atoms. The third-order valence-electron chi connectivity index (χ3n) is 3.97. The molecule has 0 saturated carbocycles. The Bertz CT molecular complexity index is 853. The summed E-state index contributed by atoms with van der Waals surface area (Å²) in [5, 5.41) is 9.13. The van der Waals surface area contributed by atoms with Crippen molar-refractivity contribution in [3.8, 4) is 0 Å². The van der Waals surface area contributed by atoms with Crippen LogP contribution in [-0.2, 0) is 13.6 Å². The number of hydrogen-bond donors (Lipinski definition) is 2. The zero-order chi connectivity index (χ0) is 15.9.